The molecule has 0 atom stereocenters. The fourth-order valence-electron chi connectivity index (χ4n) is 2.07. The Bertz CT molecular complexity index is 619. The van der Waals surface area contributed by atoms with E-state index in [0.29, 0.717) is 17.3 Å². The van der Waals surface area contributed by atoms with E-state index in [1.165, 1.54) is 0 Å². The lowest BCUT2D eigenvalue weighted by Gasteiger charge is -2.11. The SMILES string of the molecule is CCn1c(C(=O)O)ccc1-c1ccc(Cl)c(OC)c1. The maximum absolute atomic E-state index is 11.1. The Balaban J connectivity index is 2.56. The van der Waals surface area contributed by atoms with Crippen molar-refractivity contribution in [3.63, 3.8) is 0 Å². The number of ether oxygens (including phenoxy) is 1. The van der Waals surface area contributed by atoms with Crippen molar-refractivity contribution in [1.29, 1.82) is 0 Å². The Hall–Kier alpha value is -1.94. The maximum atomic E-state index is 11.1. The van der Waals surface area contributed by atoms with Crippen molar-refractivity contribution in [3.05, 3.63) is 41.0 Å². The van der Waals surface area contributed by atoms with Crippen LogP contribution in [-0.4, -0.2) is 22.8 Å². The Kier molecular flexibility index (Phi) is 3.81. The molecule has 0 saturated heterocycles. The van der Waals surface area contributed by atoms with Crippen molar-refractivity contribution in [2.45, 2.75) is 13.5 Å². The number of aromatic carboxylic acids is 1. The van der Waals surface area contributed by atoms with Crippen LogP contribution in [0.25, 0.3) is 11.3 Å². The van der Waals surface area contributed by atoms with Gasteiger partial charge in [-0.2, -0.15) is 0 Å². The van der Waals surface area contributed by atoms with E-state index < -0.39 is 5.97 Å². The second kappa shape index (κ2) is 5.36. The maximum Gasteiger partial charge on any atom is 0.352 e. The summed E-state index contributed by atoms with van der Waals surface area (Å²) in [6.45, 7) is 2.48. The van der Waals surface area contributed by atoms with E-state index in [0.717, 1.165) is 11.3 Å². The molecule has 100 valence electrons. The van der Waals surface area contributed by atoms with Crippen LogP contribution in [0.4, 0.5) is 0 Å². The van der Waals surface area contributed by atoms with Gasteiger partial charge in [-0.15, -0.1) is 0 Å². The molecule has 0 radical (unpaired) electrons. The topological polar surface area (TPSA) is 51.5 Å². The first kappa shape index (κ1) is 13.5. The van der Waals surface area contributed by atoms with Gasteiger partial charge in [0.05, 0.1) is 12.1 Å². The highest BCUT2D eigenvalue weighted by atomic mass is 35.5. The molecule has 4 nitrogen and oxygen atoms in total. The molecule has 0 saturated carbocycles. The van der Waals surface area contributed by atoms with Gasteiger partial charge in [-0.05, 0) is 31.2 Å². The van der Waals surface area contributed by atoms with Gasteiger partial charge in [0.1, 0.15) is 11.4 Å². The first-order valence-corrected chi connectivity index (χ1v) is 6.23. The first-order valence-electron chi connectivity index (χ1n) is 5.85. The van der Waals surface area contributed by atoms with Crippen molar-refractivity contribution in [2.24, 2.45) is 0 Å². The summed E-state index contributed by atoms with van der Waals surface area (Å²) in [5.74, 6) is -0.367. The lowest BCUT2D eigenvalue weighted by Crippen LogP contribution is -2.08. The van der Waals surface area contributed by atoms with E-state index in [4.69, 9.17) is 21.4 Å². The summed E-state index contributed by atoms with van der Waals surface area (Å²) in [7, 11) is 1.55. The predicted octanol–water partition coefficient (Wildman–Crippen LogP) is 3.54. The second-order valence-corrected chi connectivity index (χ2v) is 4.41. The molecule has 5 heteroatoms. The second-order valence-electron chi connectivity index (χ2n) is 4.00. The molecule has 0 aliphatic rings. The van der Waals surface area contributed by atoms with Crippen LogP contribution in [0.15, 0.2) is 30.3 Å². The van der Waals surface area contributed by atoms with Crippen molar-refractivity contribution < 1.29 is 14.6 Å². The van der Waals surface area contributed by atoms with Gasteiger partial charge in [-0.1, -0.05) is 17.7 Å². The molecule has 1 aromatic heterocycles. The van der Waals surface area contributed by atoms with Gasteiger partial charge in [-0.3, -0.25) is 0 Å². The average Bonchev–Trinajstić information content (AvgIpc) is 2.83. The molecule has 19 heavy (non-hydrogen) atoms. The van der Waals surface area contributed by atoms with Crippen LogP contribution in [0.1, 0.15) is 17.4 Å². The van der Waals surface area contributed by atoms with E-state index in [1.54, 1.807) is 35.9 Å². The zero-order chi connectivity index (χ0) is 14.0. The van der Waals surface area contributed by atoms with Gasteiger partial charge < -0.3 is 14.4 Å². The largest absolute Gasteiger partial charge is 0.495 e. The van der Waals surface area contributed by atoms with Gasteiger partial charge in [0, 0.05) is 17.8 Å². The van der Waals surface area contributed by atoms with Gasteiger partial charge in [-0.25, -0.2) is 4.79 Å². The summed E-state index contributed by atoms with van der Waals surface area (Å²) in [5.41, 5.74) is 1.97. The summed E-state index contributed by atoms with van der Waals surface area (Å²) in [5, 5.41) is 9.66. The molecular formula is C14H14ClNO3. The number of nitrogens with zero attached hydrogens (tertiary/aromatic N) is 1. The van der Waals surface area contributed by atoms with Crippen LogP contribution in [0.5, 0.6) is 5.75 Å². The summed E-state index contributed by atoms with van der Waals surface area (Å²) in [4.78, 5) is 11.1. The standard InChI is InChI=1S/C14H14ClNO3/c1-3-16-11(6-7-12(16)14(17)18)9-4-5-10(15)13(8-9)19-2/h4-8H,3H2,1-2H3,(H,17,18). The number of carbonyl (C=O) groups is 1. The monoisotopic (exact) mass is 279 g/mol. The molecule has 0 bridgehead atoms. The number of hydrogen-bond acceptors (Lipinski definition) is 2. The number of methoxy groups -OCH3 is 1. The summed E-state index contributed by atoms with van der Waals surface area (Å²) < 4.78 is 6.92. The molecule has 2 rings (SSSR count). The lowest BCUT2D eigenvalue weighted by atomic mass is 10.1. The minimum absolute atomic E-state index is 0.270. The molecule has 2 aromatic rings. The zero-order valence-electron chi connectivity index (χ0n) is 10.7. The number of hydrogen-bond donors (Lipinski definition) is 1. The molecule has 1 heterocycles. The summed E-state index contributed by atoms with van der Waals surface area (Å²) >= 11 is 5.99. The van der Waals surface area contributed by atoms with Crippen molar-refractivity contribution in [2.75, 3.05) is 7.11 Å². The van der Waals surface area contributed by atoms with E-state index in [1.807, 2.05) is 13.0 Å². The Morgan fingerprint density at radius 1 is 1.37 bits per heavy atom. The number of carboxylic acid groups (broad SMARTS) is 1. The average molecular weight is 280 g/mol. The Labute approximate surface area is 116 Å². The van der Waals surface area contributed by atoms with Crippen LogP contribution < -0.4 is 4.74 Å². The molecule has 1 aromatic carbocycles. The minimum atomic E-state index is -0.936. The highest BCUT2D eigenvalue weighted by Gasteiger charge is 2.14. The zero-order valence-corrected chi connectivity index (χ0v) is 11.4. The van der Waals surface area contributed by atoms with Crippen LogP contribution in [0.3, 0.4) is 0 Å². The van der Waals surface area contributed by atoms with E-state index in [2.05, 4.69) is 0 Å². The smallest absolute Gasteiger partial charge is 0.352 e. The molecule has 0 aliphatic carbocycles. The number of rotatable bonds is 4. The quantitative estimate of drug-likeness (QED) is 0.931. The van der Waals surface area contributed by atoms with E-state index >= 15 is 0 Å². The van der Waals surface area contributed by atoms with Crippen molar-refractivity contribution in [3.8, 4) is 17.0 Å². The molecule has 0 spiro atoms. The molecule has 1 N–H and O–H groups in total. The van der Waals surface area contributed by atoms with Gasteiger partial charge >= 0.3 is 5.97 Å². The Morgan fingerprint density at radius 2 is 2.11 bits per heavy atom. The van der Waals surface area contributed by atoms with Crippen LogP contribution >= 0.6 is 11.6 Å². The van der Waals surface area contributed by atoms with Crippen LogP contribution in [0.2, 0.25) is 5.02 Å². The number of carboxylic acids is 1. The van der Waals surface area contributed by atoms with Gasteiger partial charge in [0.2, 0.25) is 0 Å². The van der Waals surface area contributed by atoms with E-state index in [9.17, 15) is 4.79 Å². The third-order valence-corrected chi connectivity index (χ3v) is 3.28. The highest BCUT2D eigenvalue weighted by Crippen LogP contribution is 2.31. The molecular weight excluding hydrogens is 266 g/mol. The summed E-state index contributed by atoms with van der Waals surface area (Å²) in [6.07, 6.45) is 0. The molecule has 0 fully saturated rings. The normalized spacial score (nSPS) is 10.5. The van der Waals surface area contributed by atoms with Crippen molar-refractivity contribution >= 4 is 17.6 Å². The third-order valence-electron chi connectivity index (χ3n) is 2.96. The van der Waals surface area contributed by atoms with Crippen LogP contribution in [-0.2, 0) is 6.54 Å². The van der Waals surface area contributed by atoms with Gasteiger partial charge in [0.15, 0.2) is 0 Å². The van der Waals surface area contributed by atoms with Crippen molar-refractivity contribution in [1.82, 2.24) is 4.57 Å². The minimum Gasteiger partial charge on any atom is -0.495 e. The molecule has 0 amide bonds. The predicted molar refractivity (Wildman–Crippen MR) is 74.1 cm³/mol. The van der Waals surface area contributed by atoms with Crippen LogP contribution in [0, 0.1) is 0 Å². The lowest BCUT2D eigenvalue weighted by molar-refractivity contribution is 0.0685. The Morgan fingerprint density at radius 3 is 2.68 bits per heavy atom. The van der Waals surface area contributed by atoms with E-state index in [-0.39, 0.29) is 5.69 Å². The number of aromatic nitrogens is 1. The number of benzene rings is 1. The highest BCUT2D eigenvalue weighted by molar-refractivity contribution is 6.32. The third kappa shape index (κ3) is 2.44. The molecule has 0 aliphatic heterocycles. The fraction of sp³-hybridized carbons (Fsp3) is 0.214. The first-order chi connectivity index (χ1) is 9.08. The van der Waals surface area contributed by atoms with Gasteiger partial charge in [0.25, 0.3) is 0 Å². The number of halogens is 1. The summed E-state index contributed by atoms with van der Waals surface area (Å²) in [6, 6.07) is 8.77. The fourth-order valence-corrected chi connectivity index (χ4v) is 2.26. The molecule has 0 unspecified atom stereocenters.